The molecule has 5 nitrogen and oxygen atoms in total. The Morgan fingerprint density at radius 1 is 1.33 bits per heavy atom. The van der Waals surface area contributed by atoms with E-state index in [4.69, 9.17) is 4.74 Å². The van der Waals surface area contributed by atoms with E-state index in [9.17, 15) is 4.79 Å². The minimum Gasteiger partial charge on any atom is -0.492 e. The van der Waals surface area contributed by atoms with Crippen molar-refractivity contribution in [3.63, 3.8) is 0 Å². The van der Waals surface area contributed by atoms with Gasteiger partial charge in [-0.1, -0.05) is 15.9 Å². The third-order valence-corrected chi connectivity index (χ3v) is 4.01. The Kier molecular flexibility index (Phi) is 4.36. The van der Waals surface area contributed by atoms with Crippen molar-refractivity contribution in [1.82, 2.24) is 14.9 Å². The summed E-state index contributed by atoms with van der Waals surface area (Å²) in [6.45, 7) is 2.47. The van der Waals surface area contributed by atoms with Gasteiger partial charge in [-0.25, -0.2) is 4.98 Å². The van der Waals surface area contributed by atoms with Gasteiger partial charge in [-0.2, -0.15) is 0 Å². The van der Waals surface area contributed by atoms with Crippen molar-refractivity contribution < 1.29 is 4.74 Å². The number of rotatable bonds is 4. The van der Waals surface area contributed by atoms with E-state index in [1.165, 1.54) is 0 Å². The first-order chi connectivity index (χ1) is 10.2. The first-order valence-electron chi connectivity index (χ1n) is 6.90. The Hall–Kier alpha value is -1.66. The molecule has 0 aliphatic carbocycles. The Morgan fingerprint density at radius 3 is 2.95 bits per heavy atom. The summed E-state index contributed by atoms with van der Waals surface area (Å²) in [5.41, 5.74) is 1.76. The summed E-state index contributed by atoms with van der Waals surface area (Å²) >= 11 is 3.38. The standard InChI is InChI=1S/C15H16BrN3O2/c16-11-1-3-12(4-2-11)21-8-7-19-10-18-14-9-17-6-5-13(14)15(19)20/h1-4,10,17H,5-9H2. The zero-order valence-electron chi connectivity index (χ0n) is 11.5. The number of benzene rings is 1. The van der Waals surface area contributed by atoms with E-state index in [0.717, 1.165) is 34.4 Å². The van der Waals surface area contributed by atoms with Gasteiger partial charge >= 0.3 is 0 Å². The lowest BCUT2D eigenvalue weighted by Gasteiger charge is -2.17. The Bertz CT molecular complexity index is 682. The molecule has 110 valence electrons. The first-order valence-corrected chi connectivity index (χ1v) is 7.69. The predicted octanol–water partition coefficient (Wildman–Crippen LogP) is 1.73. The summed E-state index contributed by atoms with van der Waals surface area (Å²) in [5.74, 6) is 0.793. The molecule has 0 radical (unpaired) electrons. The normalized spacial score (nSPS) is 13.8. The predicted molar refractivity (Wildman–Crippen MR) is 83.5 cm³/mol. The van der Waals surface area contributed by atoms with E-state index >= 15 is 0 Å². The van der Waals surface area contributed by atoms with Crippen LogP contribution in [0.15, 0.2) is 39.9 Å². The maximum absolute atomic E-state index is 12.3. The smallest absolute Gasteiger partial charge is 0.256 e. The molecule has 1 aliphatic heterocycles. The molecule has 0 spiro atoms. The Labute approximate surface area is 131 Å². The van der Waals surface area contributed by atoms with Gasteiger partial charge in [0.05, 0.1) is 18.6 Å². The van der Waals surface area contributed by atoms with Crippen LogP contribution in [0.5, 0.6) is 5.75 Å². The molecule has 3 rings (SSSR count). The topological polar surface area (TPSA) is 56.2 Å². The SMILES string of the molecule is O=c1c2c(ncn1CCOc1ccc(Br)cc1)CNCC2. The van der Waals surface area contributed by atoms with Crippen LogP contribution in [-0.4, -0.2) is 22.7 Å². The summed E-state index contributed by atoms with van der Waals surface area (Å²) in [7, 11) is 0. The van der Waals surface area contributed by atoms with Gasteiger partial charge in [0.1, 0.15) is 12.4 Å². The number of aromatic nitrogens is 2. The van der Waals surface area contributed by atoms with Crippen molar-refractivity contribution in [2.75, 3.05) is 13.2 Å². The lowest BCUT2D eigenvalue weighted by molar-refractivity contribution is 0.295. The minimum absolute atomic E-state index is 0.0564. The first kappa shape index (κ1) is 14.3. The zero-order valence-corrected chi connectivity index (χ0v) is 13.1. The highest BCUT2D eigenvalue weighted by Gasteiger charge is 2.14. The second-order valence-corrected chi connectivity index (χ2v) is 5.81. The van der Waals surface area contributed by atoms with E-state index in [1.807, 2.05) is 24.3 Å². The molecule has 0 atom stereocenters. The fourth-order valence-corrected chi connectivity index (χ4v) is 2.61. The molecule has 0 saturated carbocycles. The molecule has 0 unspecified atom stereocenters. The van der Waals surface area contributed by atoms with Crippen LogP contribution < -0.4 is 15.6 Å². The molecule has 0 saturated heterocycles. The Balaban J connectivity index is 1.65. The van der Waals surface area contributed by atoms with Crippen LogP contribution in [0.1, 0.15) is 11.3 Å². The van der Waals surface area contributed by atoms with Gasteiger partial charge in [-0.15, -0.1) is 0 Å². The van der Waals surface area contributed by atoms with Gasteiger partial charge in [-0.3, -0.25) is 9.36 Å². The van der Waals surface area contributed by atoms with Gasteiger partial charge in [0.15, 0.2) is 0 Å². The molecule has 0 bridgehead atoms. The van der Waals surface area contributed by atoms with Crippen molar-refractivity contribution in [3.8, 4) is 5.75 Å². The molecular formula is C15H16BrN3O2. The lowest BCUT2D eigenvalue weighted by atomic mass is 10.1. The van der Waals surface area contributed by atoms with Crippen LogP contribution in [-0.2, 0) is 19.5 Å². The maximum Gasteiger partial charge on any atom is 0.256 e. The zero-order chi connectivity index (χ0) is 14.7. The van der Waals surface area contributed by atoms with Crippen LogP contribution in [0.4, 0.5) is 0 Å². The van der Waals surface area contributed by atoms with Crippen molar-refractivity contribution >= 4 is 15.9 Å². The highest BCUT2D eigenvalue weighted by molar-refractivity contribution is 9.10. The largest absolute Gasteiger partial charge is 0.492 e. The monoisotopic (exact) mass is 349 g/mol. The van der Waals surface area contributed by atoms with E-state index in [-0.39, 0.29) is 5.56 Å². The molecule has 2 aromatic rings. The molecule has 1 aromatic heterocycles. The van der Waals surface area contributed by atoms with Crippen molar-refractivity contribution in [3.05, 3.63) is 56.7 Å². The average Bonchev–Trinajstić information content (AvgIpc) is 2.52. The summed E-state index contributed by atoms with van der Waals surface area (Å²) in [6.07, 6.45) is 2.36. The van der Waals surface area contributed by atoms with Gasteiger partial charge in [0, 0.05) is 16.6 Å². The highest BCUT2D eigenvalue weighted by atomic mass is 79.9. The van der Waals surface area contributed by atoms with Crippen LogP contribution in [0.25, 0.3) is 0 Å². The second kappa shape index (κ2) is 6.41. The minimum atomic E-state index is 0.0564. The molecule has 0 amide bonds. The summed E-state index contributed by atoms with van der Waals surface area (Å²) in [5, 5.41) is 3.22. The number of hydrogen-bond donors (Lipinski definition) is 1. The van der Waals surface area contributed by atoms with E-state index in [2.05, 4.69) is 26.2 Å². The fraction of sp³-hybridized carbons (Fsp3) is 0.333. The third kappa shape index (κ3) is 3.33. The number of hydrogen-bond acceptors (Lipinski definition) is 4. The maximum atomic E-state index is 12.3. The van der Waals surface area contributed by atoms with Crippen LogP contribution in [0, 0.1) is 0 Å². The average molecular weight is 350 g/mol. The number of nitrogens with zero attached hydrogens (tertiary/aromatic N) is 2. The van der Waals surface area contributed by atoms with E-state index in [1.54, 1.807) is 10.9 Å². The van der Waals surface area contributed by atoms with Gasteiger partial charge in [0.2, 0.25) is 0 Å². The van der Waals surface area contributed by atoms with Crippen molar-refractivity contribution in [1.29, 1.82) is 0 Å². The Morgan fingerprint density at radius 2 is 2.14 bits per heavy atom. The van der Waals surface area contributed by atoms with Gasteiger partial charge < -0.3 is 10.1 Å². The molecular weight excluding hydrogens is 334 g/mol. The van der Waals surface area contributed by atoms with Crippen LogP contribution in [0.3, 0.4) is 0 Å². The van der Waals surface area contributed by atoms with Gasteiger partial charge in [-0.05, 0) is 37.2 Å². The fourth-order valence-electron chi connectivity index (χ4n) is 2.34. The van der Waals surface area contributed by atoms with Gasteiger partial charge in [0.25, 0.3) is 5.56 Å². The van der Waals surface area contributed by atoms with E-state index in [0.29, 0.717) is 19.7 Å². The number of ether oxygens (including phenoxy) is 1. The summed E-state index contributed by atoms with van der Waals surface area (Å²) < 4.78 is 8.28. The number of nitrogens with one attached hydrogen (secondary N) is 1. The van der Waals surface area contributed by atoms with Crippen molar-refractivity contribution in [2.24, 2.45) is 0 Å². The quantitative estimate of drug-likeness (QED) is 0.913. The molecule has 6 heteroatoms. The second-order valence-electron chi connectivity index (χ2n) is 4.90. The van der Waals surface area contributed by atoms with Crippen LogP contribution in [0.2, 0.25) is 0 Å². The molecule has 0 fully saturated rings. The summed E-state index contributed by atoms with van der Waals surface area (Å²) in [6, 6.07) is 7.64. The number of fused-ring (bicyclic) bond motifs is 1. The molecule has 21 heavy (non-hydrogen) atoms. The molecule has 2 heterocycles. The lowest BCUT2D eigenvalue weighted by Crippen LogP contribution is -2.35. The van der Waals surface area contributed by atoms with Crippen LogP contribution >= 0.6 is 15.9 Å². The molecule has 1 aromatic carbocycles. The third-order valence-electron chi connectivity index (χ3n) is 3.48. The summed E-state index contributed by atoms with van der Waals surface area (Å²) in [4.78, 5) is 16.7. The number of halogens is 1. The molecule has 1 N–H and O–H groups in total. The highest BCUT2D eigenvalue weighted by Crippen LogP contribution is 2.16. The van der Waals surface area contributed by atoms with Crippen molar-refractivity contribution in [2.45, 2.75) is 19.5 Å². The van der Waals surface area contributed by atoms with E-state index < -0.39 is 0 Å². The molecule has 1 aliphatic rings.